The summed E-state index contributed by atoms with van der Waals surface area (Å²) in [6.07, 6.45) is 0. The van der Waals surface area contributed by atoms with Crippen molar-refractivity contribution in [2.45, 2.75) is 0 Å². The van der Waals surface area contributed by atoms with Crippen LogP contribution in [0.3, 0.4) is 0 Å². The molecule has 11 aromatic rings. The van der Waals surface area contributed by atoms with E-state index in [0.29, 0.717) is 0 Å². The normalized spacial score (nSPS) is 11.8. The Balaban J connectivity index is 1.15. The first-order valence-corrected chi connectivity index (χ1v) is 18.3. The highest BCUT2D eigenvalue weighted by Gasteiger charge is 2.23. The number of fused-ring (bicyclic) bond motifs is 9. The summed E-state index contributed by atoms with van der Waals surface area (Å²) in [7, 11) is 0. The average molecular weight is 684 g/mol. The summed E-state index contributed by atoms with van der Waals surface area (Å²) in [6, 6.07) is 62.4. The maximum atomic E-state index is 6.59. The number of para-hydroxylation sites is 4. The molecule has 11 rings (SSSR count). The van der Waals surface area contributed by atoms with Crippen LogP contribution in [0.5, 0.6) is 0 Å². The smallest absolute Gasteiger partial charge is 0.143 e. The van der Waals surface area contributed by atoms with E-state index in [1.807, 2.05) is 35.6 Å². The predicted octanol–water partition coefficient (Wildman–Crippen LogP) is 14.7. The van der Waals surface area contributed by atoms with Gasteiger partial charge in [0.15, 0.2) is 0 Å². The minimum Gasteiger partial charge on any atom is -0.456 e. The monoisotopic (exact) mass is 683 g/mol. The van der Waals surface area contributed by atoms with Crippen LogP contribution in [-0.4, -0.2) is 0 Å². The minimum atomic E-state index is 0.855. The Kier molecular flexibility index (Phi) is 6.42. The molecule has 3 nitrogen and oxygen atoms in total. The van der Waals surface area contributed by atoms with Crippen molar-refractivity contribution in [3.63, 3.8) is 0 Å². The molecule has 4 heteroatoms. The molecule has 0 bridgehead atoms. The summed E-state index contributed by atoms with van der Waals surface area (Å²) >= 11 is 1.86. The van der Waals surface area contributed by atoms with Gasteiger partial charge in [0.2, 0.25) is 0 Å². The van der Waals surface area contributed by atoms with Crippen molar-refractivity contribution >= 4 is 92.4 Å². The van der Waals surface area contributed by atoms with Crippen LogP contribution < -0.4 is 4.90 Å². The number of thiophene rings is 1. The zero-order chi connectivity index (χ0) is 34.2. The molecule has 8 aromatic carbocycles. The molecule has 3 heterocycles. The van der Waals surface area contributed by atoms with E-state index in [9.17, 15) is 0 Å². The quantitative estimate of drug-likeness (QED) is 0.181. The lowest BCUT2D eigenvalue weighted by molar-refractivity contribution is 0.669. The van der Waals surface area contributed by atoms with Crippen molar-refractivity contribution in [1.29, 1.82) is 0 Å². The van der Waals surface area contributed by atoms with Crippen LogP contribution in [0.15, 0.2) is 185 Å². The van der Waals surface area contributed by atoms with Crippen LogP contribution in [0.1, 0.15) is 0 Å². The molecule has 52 heavy (non-hydrogen) atoms. The molecule has 3 aromatic heterocycles. The van der Waals surface area contributed by atoms with Crippen LogP contribution in [-0.2, 0) is 0 Å². The third-order valence-electron chi connectivity index (χ3n) is 10.3. The van der Waals surface area contributed by atoms with Gasteiger partial charge in [-0.1, -0.05) is 127 Å². The number of furan rings is 2. The molecule has 0 saturated carbocycles. The number of rotatable bonds is 5. The SMILES string of the molecule is c1ccc(N(c2ccc(-c3cccc4c3sc3ccccc34)cc2)c2cccc3oc4ccccc4c23)c(-c2cccc3c2oc2ccccc23)c1. The Hall–Kier alpha value is -6.62. The molecule has 0 aliphatic carbocycles. The molecule has 0 N–H and O–H groups in total. The topological polar surface area (TPSA) is 29.5 Å². The second-order valence-corrected chi connectivity index (χ2v) is 14.3. The van der Waals surface area contributed by atoms with Crippen LogP contribution >= 0.6 is 11.3 Å². The highest BCUT2D eigenvalue weighted by Crippen LogP contribution is 2.48. The second kappa shape index (κ2) is 11.5. The number of hydrogen-bond donors (Lipinski definition) is 0. The van der Waals surface area contributed by atoms with Gasteiger partial charge in [-0.2, -0.15) is 0 Å². The minimum absolute atomic E-state index is 0.855. The molecule has 0 saturated heterocycles. The van der Waals surface area contributed by atoms with Crippen molar-refractivity contribution < 1.29 is 8.83 Å². The lowest BCUT2D eigenvalue weighted by atomic mass is 9.98. The molecule has 0 fully saturated rings. The fourth-order valence-corrected chi connectivity index (χ4v) is 9.21. The molecule has 0 spiro atoms. The summed E-state index contributed by atoms with van der Waals surface area (Å²) in [5.41, 5.74) is 11.2. The van der Waals surface area contributed by atoms with Crippen molar-refractivity contribution in [2.24, 2.45) is 0 Å². The van der Waals surface area contributed by atoms with E-state index >= 15 is 0 Å². The standard InChI is InChI=1S/C48H29NO2S/c1-5-20-40(33(12-1)36-17-10-18-37-34-13-2-6-22-42(34)51-47(36)37)49(41-21-11-24-44-46(41)39-15-3-7-23-43(39)50-44)31-28-26-30(27-29-31)32-16-9-19-38-35-14-4-8-25-45(35)52-48(32)38/h1-29H. The fraction of sp³-hybridized carbons (Fsp3) is 0. The van der Waals surface area contributed by atoms with E-state index in [-0.39, 0.29) is 0 Å². The van der Waals surface area contributed by atoms with E-state index < -0.39 is 0 Å². The highest BCUT2D eigenvalue weighted by molar-refractivity contribution is 7.26. The first kappa shape index (κ1) is 29.1. The van der Waals surface area contributed by atoms with Crippen LogP contribution in [0.2, 0.25) is 0 Å². The Morgan fingerprint density at radius 3 is 1.85 bits per heavy atom. The maximum Gasteiger partial charge on any atom is 0.143 e. The first-order valence-electron chi connectivity index (χ1n) is 17.5. The third kappa shape index (κ3) is 4.38. The van der Waals surface area contributed by atoms with Gasteiger partial charge in [0.1, 0.15) is 22.3 Å². The van der Waals surface area contributed by atoms with Gasteiger partial charge in [-0.05, 0) is 59.7 Å². The zero-order valence-corrected chi connectivity index (χ0v) is 28.7. The number of hydrogen-bond acceptors (Lipinski definition) is 4. The largest absolute Gasteiger partial charge is 0.456 e. The van der Waals surface area contributed by atoms with Crippen molar-refractivity contribution in [2.75, 3.05) is 4.90 Å². The van der Waals surface area contributed by atoms with E-state index in [0.717, 1.165) is 72.1 Å². The Bertz CT molecular complexity index is 3150. The lowest BCUT2D eigenvalue weighted by Crippen LogP contribution is -2.11. The van der Waals surface area contributed by atoms with Crippen LogP contribution in [0, 0.1) is 0 Å². The van der Waals surface area contributed by atoms with Gasteiger partial charge in [0.05, 0.1) is 16.8 Å². The second-order valence-electron chi connectivity index (χ2n) is 13.2. The molecule has 0 amide bonds. The maximum absolute atomic E-state index is 6.59. The van der Waals surface area contributed by atoms with Crippen molar-refractivity contribution in [1.82, 2.24) is 0 Å². The summed E-state index contributed by atoms with van der Waals surface area (Å²) in [6.45, 7) is 0. The lowest BCUT2D eigenvalue weighted by Gasteiger charge is -2.28. The Morgan fingerprint density at radius 1 is 0.385 bits per heavy atom. The molecule has 0 radical (unpaired) electrons. The van der Waals surface area contributed by atoms with Gasteiger partial charge in [0, 0.05) is 53.1 Å². The van der Waals surface area contributed by atoms with E-state index in [4.69, 9.17) is 8.83 Å². The van der Waals surface area contributed by atoms with Crippen molar-refractivity contribution in [3.8, 4) is 22.3 Å². The van der Waals surface area contributed by atoms with Gasteiger partial charge < -0.3 is 13.7 Å². The van der Waals surface area contributed by atoms with Crippen LogP contribution in [0.4, 0.5) is 17.1 Å². The molecule has 0 aliphatic heterocycles. The van der Waals surface area contributed by atoms with Gasteiger partial charge in [-0.25, -0.2) is 0 Å². The van der Waals surface area contributed by atoms with Gasteiger partial charge >= 0.3 is 0 Å². The van der Waals surface area contributed by atoms with Gasteiger partial charge in [-0.15, -0.1) is 11.3 Å². The molecule has 244 valence electrons. The predicted molar refractivity (Wildman–Crippen MR) is 219 cm³/mol. The summed E-state index contributed by atoms with van der Waals surface area (Å²) < 4.78 is 15.6. The van der Waals surface area contributed by atoms with Gasteiger partial charge in [0.25, 0.3) is 0 Å². The third-order valence-corrected chi connectivity index (χ3v) is 11.5. The number of nitrogens with zero attached hydrogens (tertiary/aromatic N) is 1. The van der Waals surface area contributed by atoms with Crippen LogP contribution in [0.25, 0.3) is 86.3 Å². The molecule has 0 atom stereocenters. The summed E-state index contributed by atoms with van der Waals surface area (Å²) in [5, 5.41) is 7.00. The van der Waals surface area contributed by atoms with E-state index in [1.165, 1.54) is 31.3 Å². The fourth-order valence-electron chi connectivity index (χ4n) is 7.97. The Labute approximate surface area is 303 Å². The summed E-state index contributed by atoms with van der Waals surface area (Å²) in [5.74, 6) is 0. The van der Waals surface area contributed by atoms with E-state index in [1.54, 1.807) is 0 Å². The van der Waals surface area contributed by atoms with Crippen molar-refractivity contribution in [3.05, 3.63) is 176 Å². The van der Waals surface area contributed by atoms with Gasteiger partial charge in [-0.3, -0.25) is 0 Å². The zero-order valence-electron chi connectivity index (χ0n) is 27.9. The van der Waals surface area contributed by atoms with E-state index in [2.05, 4.69) is 157 Å². The Morgan fingerprint density at radius 2 is 0.981 bits per heavy atom. The molecular formula is C48H29NO2S. The number of anilines is 3. The molecular weight excluding hydrogens is 655 g/mol. The average Bonchev–Trinajstić information content (AvgIpc) is 3.90. The number of benzene rings is 8. The first-order chi connectivity index (χ1) is 25.8. The summed E-state index contributed by atoms with van der Waals surface area (Å²) in [4.78, 5) is 2.38. The molecule has 0 unspecified atom stereocenters. The highest BCUT2D eigenvalue weighted by atomic mass is 32.1. The molecule has 0 aliphatic rings.